The van der Waals surface area contributed by atoms with Crippen LogP contribution in [0.25, 0.3) is 11.0 Å². The van der Waals surface area contributed by atoms with Crippen molar-refractivity contribution in [3.8, 4) is 12.3 Å². The molecule has 2 aromatic carbocycles. The van der Waals surface area contributed by atoms with Crippen molar-refractivity contribution in [2.45, 2.75) is 25.4 Å². The van der Waals surface area contributed by atoms with Crippen LogP contribution in [0, 0.1) is 12.3 Å². The van der Waals surface area contributed by atoms with E-state index in [-0.39, 0.29) is 11.1 Å². The first kappa shape index (κ1) is 23.5. The number of anilines is 3. The predicted octanol–water partition coefficient (Wildman–Crippen LogP) is 4.50. The Balaban J connectivity index is 1.27. The number of benzene rings is 2. The number of fused-ring (bicyclic) bond motifs is 2. The Hall–Kier alpha value is -3.86. The SMILES string of the molecule is C#Cc1cc2cnc(Nc3ccc(N4CCN5CCCC5C4)cc3)nc2n(Cc2cccc(Cl)c2)c1=O. The van der Waals surface area contributed by atoms with Gasteiger partial charge in [0.1, 0.15) is 5.65 Å². The van der Waals surface area contributed by atoms with Gasteiger partial charge in [0.15, 0.2) is 0 Å². The second-order valence-electron chi connectivity index (χ2n) is 9.65. The van der Waals surface area contributed by atoms with Crippen molar-refractivity contribution < 1.29 is 0 Å². The largest absolute Gasteiger partial charge is 0.369 e. The molecule has 4 aromatic rings. The van der Waals surface area contributed by atoms with Crippen LogP contribution in [0.2, 0.25) is 5.02 Å². The second-order valence-corrected chi connectivity index (χ2v) is 10.1. The zero-order valence-corrected chi connectivity index (χ0v) is 21.2. The van der Waals surface area contributed by atoms with Gasteiger partial charge in [-0.25, -0.2) is 4.98 Å². The molecule has 0 amide bonds. The van der Waals surface area contributed by atoms with E-state index in [1.54, 1.807) is 22.9 Å². The van der Waals surface area contributed by atoms with E-state index in [4.69, 9.17) is 23.0 Å². The molecule has 2 aliphatic rings. The first-order valence-electron chi connectivity index (χ1n) is 12.5. The van der Waals surface area contributed by atoms with Gasteiger partial charge in [-0.1, -0.05) is 29.7 Å². The summed E-state index contributed by atoms with van der Waals surface area (Å²) < 4.78 is 1.58. The summed E-state index contributed by atoms with van der Waals surface area (Å²) in [5, 5.41) is 4.59. The van der Waals surface area contributed by atoms with Gasteiger partial charge in [-0.2, -0.15) is 4.98 Å². The molecule has 1 unspecified atom stereocenters. The van der Waals surface area contributed by atoms with Crippen molar-refractivity contribution in [3.05, 3.63) is 87.3 Å². The van der Waals surface area contributed by atoms with E-state index in [0.717, 1.165) is 30.9 Å². The first-order chi connectivity index (χ1) is 18.1. The smallest absolute Gasteiger partial charge is 0.268 e. The van der Waals surface area contributed by atoms with E-state index in [2.05, 4.69) is 38.2 Å². The number of terminal acetylenes is 1. The van der Waals surface area contributed by atoms with Gasteiger partial charge in [0.25, 0.3) is 5.56 Å². The lowest BCUT2D eigenvalue weighted by atomic mass is 10.1. The predicted molar refractivity (Wildman–Crippen MR) is 149 cm³/mol. The highest BCUT2D eigenvalue weighted by atomic mass is 35.5. The topological polar surface area (TPSA) is 66.3 Å². The summed E-state index contributed by atoms with van der Waals surface area (Å²) in [7, 11) is 0. The maximum atomic E-state index is 13.1. The van der Waals surface area contributed by atoms with Crippen LogP contribution in [0.5, 0.6) is 0 Å². The van der Waals surface area contributed by atoms with Crippen LogP contribution < -0.4 is 15.8 Å². The molecule has 0 radical (unpaired) electrons. The molecule has 1 N–H and O–H groups in total. The fraction of sp³-hybridized carbons (Fsp3) is 0.276. The van der Waals surface area contributed by atoms with Gasteiger partial charge in [-0.15, -0.1) is 6.42 Å². The van der Waals surface area contributed by atoms with Crippen molar-refractivity contribution in [3.63, 3.8) is 0 Å². The number of hydrogen-bond donors (Lipinski definition) is 1. The third kappa shape index (κ3) is 4.78. The number of piperazine rings is 1. The minimum atomic E-state index is -0.272. The molecule has 4 heterocycles. The van der Waals surface area contributed by atoms with Crippen LogP contribution >= 0.6 is 11.6 Å². The monoisotopic (exact) mass is 510 g/mol. The standard InChI is InChI=1S/C29H27ClN6O/c1-2-21-16-22-17-31-29(33-27(22)36(28(21)37)18-20-5-3-6-23(30)15-20)32-24-8-10-25(11-9-24)35-14-13-34-12-4-7-26(34)19-35/h1,3,5-6,8-11,15-17,26H,4,7,12-14,18-19H2,(H,31,32,33). The molecule has 0 bridgehead atoms. The molecule has 186 valence electrons. The van der Waals surface area contributed by atoms with Gasteiger partial charge in [-0.05, 0) is 67.4 Å². The van der Waals surface area contributed by atoms with Crippen LogP contribution in [0.4, 0.5) is 17.3 Å². The quantitative estimate of drug-likeness (QED) is 0.399. The van der Waals surface area contributed by atoms with E-state index < -0.39 is 0 Å². The highest BCUT2D eigenvalue weighted by Gasteiger charge is 2.30. The number of hydrogen-bond acceptors (Lipinski definition) is 6. The van der Waals surface area contributed by atoms with Gasteiger partial charge < -0.3 is 10.2 Å². The fourth-order valence-corrected chi connectivity index (χ4v) is 5.61. The molecule has 0 saturated carbocycles. The molecule has 37 heavy (non-hydrogen) atoms. The first-order valence-corrected chi connectivity index (χ1v) is 12.9. The normalized spacial score (nSPS) is 17.5. The molecule has 2 aliphatic heterocycles. The van der Waals surface area contributed by atoms with Gasteiger partial charge in [-0.3, -0.25) is 14.3 Å². The Morgan fingerprint density at radius 3 is 2.78 bits per heavy atom. The molecule has 2 saturated heterocycles. The van der Waals surface area contributed by atoms with Crippen molar-refractivity contribution in [1.82, 2.24) is 19.4 Å². The Bertz CT molecular complexity index is 1560. The maximum Gasteiger partial charge on any atom is 0.268 e. The number of rotatable bonds is 5. The van der Waals surface area contributed by atoms with E-state index in [1.807, 2.05) is 30.3 Å². The molecule has 1 atom stereocenters. The van der Waals surface area contributed by atoms with Gasteiger partial charge in [0.2, 0.25) is 5.95 Å². The lowest BCUT2D eigenvalue weighted by molar-refractivity contribution is 0.231. The summed E-state index contributed by atoms with van der Waals surface area (Å²) in [6, 6.07) is 18.1. The summed E-state index contributed by atoms with van der Waals surface area (Å²) in [5.74, 6) is 2.90. The number of pyridine rings is 1. The van der Waals surface area contributed by atoms with E-state index in [0.29, 0.717) is 34.6 Å². The summed E-state index contributed by atoms with van der Waals surface area (Å²) >= 11 is 6.17. The lowest BCUT2D eigenvalue weighted by Crippen LogP contribution is -2.50. The highest BCUT2D eigenvalue weighted by Crippen LogP contribution is 2.27. The highest BCUT2D eigenvalue weighted by molar-refractivity contribution is 6.30. The average molecular weight is 511 g/mol. The maximum absolute atomic E-state index is 13.1. The van der Waals surface area contributed by atoms with Gasteiger partial charge >= 0.3 is 0 Å². The number of nitrogens with one attached hydrogen (secondary N) is 1. The molecule has 6 rings (SSSR count). The minimum absolute atomic E-state index is 0.271. The minimum Gasteiger partial charge on any atom is -0.369 e. The summed E-state index contributed by atoms with van der Waals surface area (Å²) in [4.78, 5) is 27.4. The van der Waals surface area contributed by atoms with Gasteiger partial charge in [0, 0.05) is 53.7 Å². The van der Waals surface area contributed by atoms with E-state index in [9.17, 15) is 4.79 Å². The summed E-state index contributed by atoms with van der Waals surface area (Å²) in [6.45, 7) is 4.81. The van der Waals surface area contributed by atoms with Crippen molar-refractivity contribution in [2.75, 3.05) is 36.4 Å². The molecule has 0 spiro atoms. The molecule has 7 nitrogen and oxygen atoms in total. The number of nitrogens with zero attached hydrogens (tertiary/aromatic N) is 5. The third-order valence-electron chi connectivity index (χ3n) is 7.29. The Kier molecular flexibility index (Phi) is 6.29. The molecule has 2 fully saturated rings. The Morgan fingerprint density at radius 2 is 1.97 bits per heavy atom. The molecule has 0 aliphatic carbocycles. The lowest BCUT2D eigenvalue weighted by Gasteiger charge is -2.38. The summed E-state index contributed by atoms with van der Waals surface area (Å²) in [6.07, 6.45) is 9.90. The molecule has 8 heteroatoms. The molecular weight excluding hydrogens is 484 g/mol. The Morgan fingerprint density at radius 1 is 1.11 bits per heavy atom. The second kappa shape index (κ2) is 9.89. The zero-order chi connectivity index (χ0) is 25.4. The average Bonchev–Trinajstić information content (AvgIpc) is 3.39. The van der Waals surface area contributed by atoms with Crippen molar-refractivity contribution in [1.29, 1.82) is 0 Å². The molecular formula is C29H27ClN6O. The van der Waals surface area contributed by atoms with Crippen LogP contribution in [0.1, 0.15) is 24.0 Å². The summed E-state index contributed by atoms with van der Waals surface area (Å²) in [5.41, 5.74) is 3.50. The van der Waals surface area contributed by atoms with Crippen LogP contribution in [0.15, 0.2) is 65.6 Å². The van der Waals surface area contributed by atoms with Crippen LogP contribution in [-0.4, -0.2) is 51.7 Å². The fourth-order valence-electron chi connectivity index (χ4n) is 5.40. The number of halogens is 1. The van der Waals surface area contributed by atoms with Gasteiger partial charge in [0.05, 0.1) is 12.1 Å². The van der Waals surface area contributed by atoms with E-state index in [1.165, 1.54) is 25.1 Å². The van der Waals surface area contributed by atoms with Crippen LogP contribution in [0.3, 0.4) is 0 Å². The van der Waals surface area contributed by atoms with Crippen LogP contribution in [-0.2, 0) is 6.54 Å². The van der Waals surface area contributed by atoms with Crippen molar-refractivity contribution >= 4 is 40.0 Å². The Labute approximate surface area is 220 Å². The third-order valence-corrected chi connectivity index (χ3v) is 7.52. The molecule has 2 aromatic heterocycles. The number of aromatic nitrogens is 3. The van der Waals surface area contributed by atoms with E-state index >= 15 is 0 Å². The zero-order valence-electron chi connectivity index (χ0n) is 20.4. The van der Waals surface area contributed by atoms with Crippen molar-refractivity contribution in [2.24, 2.45) is 0 Å².